The molecule has 1 nitrogen and oxygen atoms in total. The van der Waals surface area contributed by atoms with E-state index in [0.29, 0.717) is 5.69 Å². The minimum atomic E-state index is -0.242. The third kappa shape index (κ3) is 5.40. The van der Waals surface area contributed by atoms with E-state index < -0.39 is 0 Å². The van der Waals surface area contributed by atoms with Crippen molar-refractivity contribution in [2.45, 2.75) is 43.9 Å². The molecule has 2 N–H and O–H groups in total. The number of nitrogen functional groups attached to an aromatic ring is 1. The molecule has 0 aliphatic heterocycles. The molecule has 1 rings (SSSR count). The zero-order chi connectivity index (χ0) is 11.8. The highest BCUT2D eigenvalue weighted by Gasteiger charge is 1.99. The van der Waals surface area contributed by atoms with E-state index >= 15 is 0 Å². The fourth-order valence-corrected chi connectivity index (χ4v) is 2.56. The van der Waals surface area contributed by atoms with Crippen LogP contribution in [0.5, 0.6) is 0 Å². The lowest BCUT2D eigenvalue weighted by Crippen LogP contribution is -1.88. The first-order valence-electron chi connectivity index (χ1n) is 5.91. The van der Waals surface area contributed by atoms with Gasteiger partial charge < -0.3 is 5.73 Å². The van der Waals surface area contributed by atoms with Crippen LogP contribution < -0.4 is 5.73 Å². The maximum absolute atomic E-state index is 13.0. The summed E-state index contributed by atoms with van der Waals surface area (Å²) in [5, 5.41) is 0. The van der Waals surface area contributed by atoms with E-state index in [4.69, 9.17) is 5.73 Å². The van der Waals surface area contributed by atoms with E-state index in [1.807, 2.05) is 6.07 Å². The number of anilines is 1. The summed E-state index contributed by atoms with van der Waals surface area (Å²) in [4.78, 5) is 0.938. The van der Waals surface area contributed by atoms with E-state index in [9.17, 15) is 4.39 Å². The van der Waals surface area contributed by atoms with Gasteiger partial charge in [-0.05, 0) is 30.4 Å². The van der Waals surface area contributed by atoms with E-state index in [2.05, 4.69) is 6.92 Å². The summed E-state index contributed by atoms with van der Waals surface area (Å²) < 4.78 is 13.0. The van der Waals surface area contributed by atoms with Gasteiger partial charge in [0.1, 0.15) is 5.82 Å². The van der Waals surface area contributed by atoms with Crippen LogP contribution in [0.1, 0.15) is 39.0 Å². The average Bonchev–Trinajstić information content (AvgIpc) is 2.22. The monoisotopic (exact) mass is 241 g/mol. The second kappa shape index (κ2) is 7.55. The molecule has 0 spiro atoms. The molecule has 0 unspecified atom stereocenters. The molecule has 0 saturated carbocycles. The van der Waals surface area contributed by atoms with Gasteiger partial charge in [0.15, 0.2) is 0 Å². The highest BCUT2D eigenvalue weighted by atomic mass is 32.2. The summed E-state index contributed by atoms with van der Waals surface area (Å²) in [6.07, 6.45) is 6.36. The molecule has 1 aromatic carbocycles. The Bertz CT molecular complexity index is 295. The van der Waals surface area contributed by atoms with Gasteiger partial charge in [-0.15, -0.1) is 11.8 Å². The normalized spacial score (nSPS) is 10.6. The van der Waals surface area contributed by atoms with Crippen LogP contribution in [0.25, 0.3) is 0 Å². The summed E-state index contributed by atoms with van der Waals surface area (Å²) in [7, 11) is 0. The fourth-order valence-electron chi connectivity index (χ4n) is 1.56. The average molecular weight is 241 g/mol. The molecular formula is C13H20FNS. The summed E-state index contributed by atoms with van der Waals surface area (Å²) in [5.74, 6) is 0.806. The first-order valence-corrected chi connectivity index (χ1v) is 6.90. The molecule has 1 aromatic rings. The Morgan fingerprint density at radius 3 is 2.56 bits per heavy atom. The first kappa shape index (κ1) is 13.4. The number of halogens is 1. The molecule has 0 fully saturated rings. The van der Waals surface area contributed by atoms with Crippen molar-refractivity contribution in [3.05, 3.63) is 24.0 Å². The van der Waals surface area contributed by atoms with Crippen LogP contribution >= 0.6 is 11.8 Å². The van der Waals surface area contributed by atoms with Crippen molar-refractivity contribution < 1.29 is 4.39 Å². The smallest absolute Gasteiger partial charge is 0.126 e. The number of unbranched alkanes of at least 4 members (excludes halogenated alkanes) is 4. The number of thioether (sulfide) groups is 1. The molecule has 0 aromatic heterocycles. The van der Waals surface area contributed by atoms with Gasteiger partial charge in [-0.3, -0.25) is 0 Å². The second-order valence-electron chi connectivity index (χ2n) is 3.98. The van der Waals surface area contributed by atoms with Crippen molar-refractivity contribution >= 4 is 17.4 Å². The Morgan fingerprint density at radius 1 is 1.12 bits per heavy atom. The predicted molar refractivity (Wildman–Crippen MR) is 70.3 cm³/mol. The zero-order valence-corrected chi connectivity index (χ0v) is 10.7. The lowest BCUT2D eigenvalue weighted by Gasteiger charge is -2.03. The summed E-state index contributed by atoms with van der Waals surface area (Å²) in [5.41, 5.74) is 6.08. The number of hydrogen-bond acceptors (Lipinski definition) is 2. The maximum atomic E-state index is 13.0. The maximum Gasteiger partial charge on any atom is 0.126 e. The van der Waals surface area contributed by atoms with Gasteiger partial charge in [-0.1, -0.05) is 32.6 Å². The fraction of sp³-hybridized carbons (Fsp3) is 0.538. The van der Waals surface area contributed by atoms with E-state index in [1.165, 1.54) is 38.2 Å². The summed E-state index contributed by atoms with van der Waals surface area (Å²) in [6.45, 7) is 2.21. The van der Waals surface area contributed by atoms with Crippen LogP contribution in [0.3, 0.4) is 0 Å². The van der Waals surface area contributed by atoms with E-state index in [-0.39, 0.29) is 5.82 Å². The standard InChI is InChI=1S/C13H20FNS/c1-2-3-4-5-6-7-16-13-9-11(14)8-12(15)10-13/h8-10H,2-7,15H2,1H3. The van der Waals surface area contributed by atoms with Crippen molar-refractivity contribution in [2.24, 2.45) is 0 Å². The van der Waals surface area contributed by atoms with Gasteiger partial charge in [0.25, 0.3) is 0 Å². The van der Waals surface area contributed by atoms with Crippen molar-refractivity contribution in [1.82, 2.24) is 0 Å². The molecule has 0 amide bonds. The second-order valence-corrected chi connectivity index (χ2v) is 5.15. The van der Waals surface area contributed by atoms with Gasteiger partial charge in [0, 0.05) is 10.6 Å². The highest BCUT2D eigenvalue weighted by molar-refractivity contribution is 7.99. The third-order valence-electron chi connectivity index (χ3n) is 2.41. The molecular weight excluding hydrogens is 221 g/mol. The first-order chi connectivity index (χ1) is 7.72. The Labute approximate surface area is 102 Å². The molecule has 0 radical (unpaired) electrons. The topological polar surface area (TPSA) is 26.0 Å². The van der Waals surface area contributed by atoms with Crippen LogP contribution in [0.4, 0.5) is 10.1 Å². The van der Waals surface area contributed by atoms with Gasteiger partial charge in [0.2, 0.25) is 0 Å². The molecule has 0 saturated heterocycles. The van der Waals surface area contributed by atoms with Crippen LogP contribution in [0.2, 0.25) is 0 Å². The Hall–Kier alpha value is -0.700. The highest BCUT2D eigenvalue weighted by Crippen LogP contribution is 2.23. The molecule has 0 aliphatic rings. The lowest BCUT2D eigenvalue weighted by molar-refractivity contribution is 0.625. The molecule has 0 bridgehead atoms. The Balaban J connectivity index is 2.21. The van der Waals surface area contributed by atoms with Crippen LogP contribution in [-0.2, 0) is 0 Å². The Morgan fingerprint density at radius 2 is 1.88 bits per heavy atom. The number of nitrogens with two attached hydrogens (primary N) is 1. The quantitative estimate of drug-likeness (QED) is 0.433. The number of rotatable bonds is 7. The molecule has 3 heteroatoms. The molecule has 90 valence electrons. The largest absolute Gasteiger partial charge is 0.399 e. The summed E-state index contributed by atoms with van der Waals surface area (Å²) >= 11 is 1.69. The SMILES string of the molecule is CCCCCCCSc1cc(N)cc(F)c1. The van der Waals surface area contributed by atoms with E-state index in [1.54, 1.807) is 17.8 Å². The van der Waals surface area contributed by atoms with Gasteiger partial charge in [-0.25, -0.2) is 4.39 Å². The van der Waals surface area contributed by atoms with Crippen LogP contribution in [0, 0.1) is 5.82 Å². The molecule has 16 heavy (non-hydrogen) atoms. The predicted octanol–water partition coefficient (Wildman–Crippen LogP) is 4.47. The van der Waals surface area contributed by atoms with Crippen molar-refractivity contribution in [1.29, 1.82) is 0 Å². The van der Waals surface area contributed by atoms with Crippen molar-refractivity contribution in [3.8, 4) is 0 Å². The molecule has 0 atom stereocenters. The molecule has 0 heterocycles. The number of hydrogen-bond donors (Lipinski definition) is 1. The minimum absolute atomic E-state index is 0.242. The van der Waals surface area contributed by atoms with Crippen molar-refractivity contribution in [2.75, 3.05) is 11.5 Å². The van der Waals surface area contributed by atoms with Gasteiger partial charge in [-0.2, -0.15) is 0 Å². The van der Waals surface area contributed by atoms with E-state index in [0.717, 1.165) is 10.6 Å². The van der Waals surface area contributed by atoms with Gasteiger partial charge >= 0.3 is 0 Å². The van der Waals surface area contributed by atoms with Gasteiger partial charge in [0.05, 0.1) is 0 Å². The minimum Gasteiger partial charge on any atom is -0.399 e. The lowest BCUT2D eigenvalue weighted by atomic mass is 10.2. The van der Waals surface area contributed by atoms with Crippen LogP contribution in [0.15, 0.2) is 23.1 Å². The molecule has 0 aliphatic carbocycles. The number of benzene rings is 1. The Kier molecular flexibility index (Phi) is 6.31. The van der Waals surface area contributed by atoms with Crippen molar-refractivity contribution in [3.63, 3.8) is 0 Å². The third-order valence-corrected chi connectivity index (χ3v) is 3.47. The summed E-state index contributed by atoms with van der Waals surface area (Å²) in [6, 6.07) is 4.73. The zero-order valence-electron chi connectivity index (χ0n) is 9.84. The van der Waals surface area contributed by atoms with Crippen LogP contribution in [-0.4, -0.2) is 5.75 Å².